The maximum absolute atomic E-state index is 8.68. The van der Waals surface area contributed by atoms with E-state index in [0.717, 1.165) is 26.1 Å². The van der Waals surface area contributed by atoms with Gasteiger partial charge in [-0.1, -0.05) is 20.3 Å². The Bertz CT molecular complexity index is 74.0. The molecule has 0 spiro atoms. The van der Waals surface area contributed by atoms with Crippen molar-refractivity contribution in [2.45, 2.75) is 33.1 Å². The lowest BCUT2D eigenvalue weighted by Gasteiger charge is -2.07. The van der Waals surface area contributed by atoms with Crippen molar-refractivity contribution < 1.29 is 9.84 Å². The van der Waals surface area contributed by atoms with Crippen LogP contribution in [0.5, 0.6) is 0 Å². The number of ether oxygens (including phenoxy) is 1. The summed E-state index contributed by atoms with van der Waals surface area (Å²) in [5.74, 6) is 0.386. The van der Waals surface area contributed by atoms with Crippen LogP contribution in [0.4, 0.5) is 0 Å². The minimum absolute atomic E-state index is 0.275. The van der Waals surface area contributed by atoms with E-state index in [1.165, 1.54) is 6.42 Å². The maximum atomic E-state index is 8.68. The molecule has 0 aliphatic rings. The maximum Gasteiger partial charge on any atom is 0.0469 e. The summed E-state index contributed by atoms with van der Waals surface area (Å²) in [6.45, 7) is 6.12. The fraction of sp³-hybridized carbons (Fsp3) is 1.00. The molecule has 0 bridgehead atoms. The summed E-state index contributed by atoms with van der Waals surface area (Å²) < 4.78 is 5.34. The molecule has 2 heteroatoms. The monoisotopic (exact) mass is 160 g/mol. The Labute approximate surface area is 69.6 Å². The van der Waals surface area contributed by atoms with Crippen LogP contribution in [-0.4, -0.2) is 24.9 Å². The molecule has 0 aromatic heterocycles. The van der Waals surface area contributed by atoms with E-state index < -0.39 is 0 Å². The van der Waals surface area contributed by atoms with E-state index in [-0.39, 0.29) is 6.61 Å². The molecular formula is C9H20O2. The van der Waals surface area contributed by atoms with E-state index in [2.05, 4.69) is 6.92 Å². The minimum atomic E-state index is 0.275. The molecule has 0 aliphatic heterocycles. The van der Waals surface area contributed by atoms with Crippen molar-refractivity contribution >= 4 is 0 Å². The predicted molar refractivity (Wildman–Crippen MR) is 46.6 cm³/mol. The highest BCUT2D eigenvalue weighted by Gasteiger charge is 1.98. The summed E-state index contributed by atoms with van der Waals surface area (Å²) in [7, 11) is 0. The average Bonchev–Trinajstić information content (AvgIpc) is 2.04. The zero-order valence-electron chi connectivity index (χ0n) is 7.68. The Hall–Kier alpha value is -0.0800. The number of aliphatic hydroxyl groups excluding tert-OH is 1. The van der Waals surface area contributed by atoms with Gasteiger partial charge in [0.05, 0.1) is 0 Å². The second kappa shape index (κ2) is 8.02. The summed E-state index contributed by atoms with van der Waals surface area (Å²) >= 11 is 0. The third kappa shape index (κ3) is 7.82. The van der Waals surface area contributed by atoms with Gasteiger partial charge in [0.15, 0.2) is 0 Å². The van der Waals surface area contributed by atoms with Gasteiger partial charge in [-0.3, -0.25) is 0 Å². The molecule has 0 saturated carbocycles. The lowest BCUT2D eigenvalue weighted by molar-refractivity contribution is 0.108. The van der Waals surface area contributed by atoms with Gasteiger partial charge in [-0.15, -0.1) is 0 Å². The summed E-state index contributed by atoms with van der Waals surface area (Å²) in [6, 6.07) is 0. The molecule has 2 nitrogen and oxygen atoms in total. The zero-order valence-corrected chi connectivity index (χ0v) is 7.68. The normalized spacial score (nSPS) is 13.4. The number of aliphatic hydroxyl groups is 1. The van der Waals surface area contributed by atoms with Gasteiger partial charge in [-0.25, -0.2) is 0 Å². The molecule has 0 aliphatic carbocycles. The first kappa shape index (κ1) is 10.9. The van der Waals surface area contributed by atoms with Crippen molar-refractivity contribution in [1.29, 1.82) is 0 Å². The van der Waals surface area contributed by atoms with Crippen LogP contribution in [0.2, 0.25) is 0 Å². The highest BCUT2D eigenvalue weighted by molar-refractivity contribution is 4.48. The van der Waals surface area contributed by atoms with Crippen LogP contribution in [0.15, 0.2) is 0 Å². The van der Waals surface area contributed by atoms with E-state index in [1.54, 1.807) is 0 Å². The van der Waals surface area contributed by atoms with E-state index in [1.807, 2.05) is 6.92 Å². The van der Waals surface area contributed by atoms with E-state index in [0.29, 0.717) is 5.92 Å². The molecule has 1 N–H and O–H groups in total. The first-order valence-electron chi connectivity index (χ1n) is 4.49. The molecule has 0 heterocycles. The van der Waals surface area contributed by atoms with Crippen molar-refractivity contribution in [2.24, 2.45) is 5.92 Å². The SMILES string of the molecule is CCCCOCCC(C)CO. The van der Waals surface area contributed by atoms with E-state index in [9.17, 15) is 0 Å². The smallest absolute Gasteiger partial charge is 0.0469 e. The van der Waals surface area contributed by atoms with Crippen molar-refractivity contribution in [3.05, 3.63) is 0 Å². The van der Waals surface area contributed by atoms with Gasteiger partial charge < -0.3 is 9.84 Å². The Morgan fingerprint density at radius 1 is 1.36 bits per heavy atom. The lowest BCUT2D eigenvalue weighted by atomic mass is 10.1. The van der Waals surface area contributed by atoms with Gasteiger partial charge in [0.25, 0.3) is 0 Å². The van der Waals surface area contributed by atoms with Crippen molar-refractivity contribution in [2.75, 3.05) is 19.8 Å². The largest absolute Gasteiger partial charge is 0.396 e. The molecule has 0 aromatic carbocycles. The fourth-order valence-corrected chi connectivity index (χ4v) is 0.724. The molecule has 1 atom stereocenters. The molecule has 0 aromatic rings. The molecule has 0 fully saturated rings. The van der Waals surface area contributed by atoms with E-state index >= 15 is 0 Å². The molecule has 11 heavy (non-hydrogen) atoms. The third-order valence-electron chi connectivity index (χ3n) is 1.71. The van der Waals surface area contributed by atoms with Crippen molar-refractivity contribution in [3.8, 4) is 0 Å². The first-order chi connectivity index (χ1) is 5.31. The van der Waals surface area contributed by atoms with E-state index in [4.69, 9.17) is 9.84 Å². The number of hydrogen-bond acceptors (Lipinski definition) is 2. The van der Waals surface area contributed by atoms with Gasteiger partial charge in [0, 0.05) is 19.8 Å². The minimum Gasteiger partial charge on any atom is -0.396 e. The summed E-state index contributed by atoms with van der Waals surface area (Å²) in [6.07, 6.45) is 3.31. The van der Waals surface area contributed by atoms with Crippen LogP contribution in [0.3, 0.4) is 0 Å². The van der Waals surface area contributed by atoms with Crippen LogP contribution in [0, 0.1) is 5.92 Å². The van der Waals surface area contributed by atoms with Gasteiger partial charge in [0.2, 0.25) is 0 Å². The van der Waals surface area contributed by atoms with Crippen LogP contribution in [0.1, 0.15) is 33.1 Å². The quantitative estimate of drug-likeness (QED) is 0.576. The standard InChI is InChI=1S/C9H20O2/c1-3-4-6-11-7-5-9(2)8-10/h9-10H,3-8H2,1-2H3. The van der Waals surface area contributed by atoms with Crippen LogP contribution >= 0.6 is 0 Å². The zero-order chi connectivity index (χ0) is 8.53. The average molecular weight is 160 g/mol. The number of unbranched alkanes of at least 4 members (excludes halogenated alkanes) is 1. The first-order valence-corrected chi connectivity index (χ1v) is 4.49. The summed E-state index contributed by atoms with van der Waals surface area (Å²) in [5.41, 5.74) is 0. The highest BCUT2D eigenvalue weighted by atomic mass is 16.5. The Morgan fingerprint density at radius 2 is 2.09 bits per heavy atom. The van der Waals surface area contributed by atoms with Gasteiger partial charge in [0.1, 0.15) is 0 Å². The third-order valence-corrected chi connectivity index (χ3v) is 1.71. The number of hydrogen-bond donors (Lipinski definition) is 1. The number of rotatable bonds is 7. The molecule has 1 unspecified atom stereocenters. The highest BCUT2D eigenvalue weighted by Crippen LogP contribution is 2.00. The topological polar surface area (TPSA) is 29.5 Å². The molecular weight excluding hydrogens is 140 g/mol. The molecule has 0 saturated heterocycles. The predicted octanol–water partition coefficient (Wildman–Crippen LogP) is 1.82. The molecule has 0 rings (SSSR count). The van der Waals surface area contributed by atoms with Crippen LogP contribution in [0.25, 0.3) is 0 Å². The van der Waals surface area contributed by atoms with Gasteiger partial charge in [-0.05, 0) is 18.8 Å². The van der Waals surface area contributed by atoms with Crippen molar-refractivity contribution in [3.63, 3.8) is 0 Å². The summed E-state index contributed by atoms with van der Waals surface area (Å²) in [5, 5.41) is 8.68. The Balaban J connectivity index is 2.89. The van der Waals surface area contributed by atoms with Gasteiger partial charge in [-0.2, -0.15) is 0 Å². The molecule has 0 radical (unpaired) electrons. The fourth-order valence-electron chi connectivity index (χ4n) is 0.724. The lowest BCUT2D eigenvalue weighted by Crippen LogP contribution is -2.06. The molecule has 0 amide bonds. The van der Waals surface area contributed by atoms with Crippen LogP contribution in [-0.2, 0) is 4.74 Å². The Morgan fingerprint density at radius 3 is 2.64 bits per heavy atom. The molecule has 68 valence electrons. The van der Waals surface area contributed by atoms with Gasteiger partial charge >= 0.3 is 0 Å². The van der Waals surface area contributed by atoms with Crippen LogP contribution < -0.4 is 0 Å². The second-order valence-corrected chi connectivity index (χ2v) is 3.04. The van der Waals surface area contributed by atoms with Crippen molar-refractivity contribution in [1.82, 2.24) is 0 Å². The second-order valence-electron chi connectivity index (χ2n) is 3.04. The summed E-state index contributed by atoms with van der Waals surface area (Å²) in [4.78, 5) is 0. The Kier molecular flexibility index (Phi) is 7.96.